The Hall–Kier alpha value is -2.50. The third-order valence-electron chi connectivity index (χ3n) is 4.70. The average Bonchev–Trinajstić information content (AvgIpc) is 2.59. The molecule has 1 fully saturated rings. The van der Waals surface area contributed by atoms with Crippen LogP contribution < -0.4 is 10.6 Å². The second-order valence-corrected chi connectivity index (χ2v) is 6.54. The van der Waals surface area contributed by atoms with Crippen molar-refractivity contribution in [2.45, 2.75) is 39.2 Å². The van der Waals surface area contributed by atoms with Gasteiger partial charge in [-0.15, -0.1) is 5.10 Å². The number of nitrogens with zero attached hydrogens (tertiary/aromatic N) is 3. The lowest BCUT2D eigenvalue weighted by Crippen LogP contribution is -2.47. The zero-order valence-corrected chi connectivity index (χ0v) is 14.1. The van der Waals surface area contributed by atoms with E-state index in [4.69, 9.17) is 0 Å². The zero-order valence-electron chi connectivity index (χ0n) is 14.1. The number of amides is 2. The molecule has 1 aromatic carbocycles. The fraction of sp³-hybridized carbons (Fsp3) is 0.444. The van der Waals surface area contributed by atoms with Crippen molar-refractivity contribution in [3.63, 3.8) is 0 Å². The fourth-order valence-corrected chi connectivity index (χ4v) is 3.36. The Morgan fingerprint density at radius 3 is 2.54 bits per heavy atom. The van der Waals surface area contributed by atoms with Gasteiger partial charge in [0.05, 0.1) is 11.9 Å². The summed E-state index contributed by atoms with van der Waals surface area (Å²) in [7, 11) is 0. The van der Waals surface area contributed by atoms with Crippen LogP contribution in [-0.4, -0.2) is 27.3 Å². The highest BCUT2D eigenvalue weighted by Gasteiger charge is 2.29. The van der Waals surface area contributed by atoms with Crippen LogP contribution in [0.3, 0.4) is 0 Å². The monoisotopic (exact) mass is 325 g/mol. The van der Waals surface area contributed by atoms with E-state index in [9.17, 15) is 4.79 Å². The number of aromatic nitrogens is 3. The molecular weight excluding hydrogens is 302 g/mol. The molecule has 24 heavy (non-hydrogen) atoms. The topological polar surface area (TPSA) is 79.8 Å². The van der Waals surface area contributed by atoms with Crippen LogP contribution in [0.2, 0.25) is 0 Å². The summed E-state index contributed by atoms with van der Waals surface area (Å²) >= 11 is 0. The molecule has 0 radical (unpaired) electrons. The van der Waals surface area contributed by atoms with Crippen molar-refractivity contribution in [1.82, 2.24) is 20.5 Å². The summed E-state index contributed by atoms with van der Waals surface area (Å²) in [4.78, 5) is 16.7. The standard InChI is InChI=1S/C18H23N5O/c1-12-7-6-8-13(2)16(12)21-18(24)22-17-20-15(11-19-23-17)14-9-4-3-5-10-14/h3-5,9-13,16H,6-8H2,1-2H3,(H2,20,21,22,23,24). The van der Waals surface area contributed by atoms with Gasteiger partial charge >= 0.3 is 6.03 Å². The van der Waals surface area contributed by atoms with Gasteiger partial charge in [0.15, 0.2) is 0 Å². The first-order valence-corrected chi connectivity index (χ1v) is 8.46. The van der Waals surface area contributed by atoms with Gasteiger partial charge in [-0.2, -0.15) is 5.10 Å². The van der Waals surface area contributed by atoms with Gasteiger partial charge in [-0.1, -0.05) is 50.6 Å². The lowest BCUT2D eigenvalue weighted by molar-refractivity contribution is 0.201. The van der Waals surface area contributed by atoms with E-state index >= 15 is 0 Å². The second kappa shape index (κ2) is 7.38. The van der Waals surface area contributed by atoms with E-state index in [1.165, 1.54) is 6.42 Å². The van der Waals surface area contributed by atoms with Gasteiger partial charge in [0.1, 0.15) is 0 Å². The summed E-state index contributed by atoms with van der Waals surface area (Å²) in [6.45, 7) is 4.38. The van der Waals surface area contributed by atoms with Crippen LogP contribution in [0.4, 0.5) is 10.7 Å². The van der Waals surface area contributed by atoms with E-state index < -0.39 is 0 Å². The Bertz CT molecular complexity index is 681. The first-order valence-electron chi connectivity index (χ1n) is 8.46. The summed E-state index contributed by atoms with van der Waals surface area (Å²) < 4.78 is 0. The van der Waals surface area contributed by atoms with Crippen LogP contribution in [0.15, 0.2) is 36.5 Å². The maximum atomic E-state index is 12.3. The molecule has 3 rings (SSSR count). The molecule has 2 atom stereocenters. The quantitative estimate of drug-likeness (QED) is 0.905. The van der Waals surface area contributed by atoms with Gasteiger partial charge in [-0.05, 0) is 24.7 Å². The largest absolute Gasteiger partial charge is 0.335 e. The Morgan fingerprint density at radius 2 is 1.83 bits per heavy atom. The zero-order chi connectivity index (χ0) is 16.9. The van der Waals surface area contributed by atoms with Crippen molar-refractivity contribution >= 4 is 12.0 Å². The van der Waals surface area contributed by atoms with Crippen LogP contribution in [0, 0.1) is 11.8 Å². The maximum Gasteiger partial charge on any atom is 0.321 e. The minimum atomic E-state index is -0.271. The number of hydrogen-bond donors (Lipinski definition) is 2. The lowest BCUT2D eigenvalue weighted by atomic mass is 9.79. The Labute approximate surface area is 142 Å². The highest BCUT2D eigenvalue weighted by atomic mass is 16.2. The highest BCUT2D eigenvalue weighted by molar-refractivity contribution is 5.87. The molecule has 6 nitrogen and oxygen atoms in total. The minimum Gasteiger partial charge on any atom is -0.335 e. The summed E-state index contributed by atoms with van der Waals surface area (Å²) in [5.41, 5.74) is 1.62. The maximum absolute atomic E-state index is 12.3. The molecule has 0 saturated heterocycles. The van der Waals surface area contributed by atoms with Crippen molar-refractivity contribution in [2.24, 2.45) is 11.8 Å². The molecule has 1 saturated carbocycles. The van der Waals surface area contributed by atoms with Crippen molar-refractivity contribution in [2.75, 3.05) is 5.32 Å². The van der Waals surface area contributed by atoms with Crippen molar-refractivity contribution in [1.29, 1.82) is 0 Å². The molecule has 2 amide bonds. The van der Waals surface area contributed by atoms with Gasteiger partial charge in [0, 0.05) is 11.6 Å². The molecule has 0 bridgehead atoms. The predicted molar refractivity (Wildman–Crippen MR) is 93.4 cm³/mol. The first kappa shape index (κ1) is 16.4. The number of carbonyl (C=O) groups excluding carboxylic acids is 1. The summed E-state index contributed by atoms with van der Waals surface area (Å²) in [6.07, 6.45) is 5.12. The Kier molecular flexibility index (Phi) is 5.03. The number of hydrogen-bond acceptors (Lipinski definition) is 4. The molecule has 0 spiro atoms. The van der Waals surface area contributed by atoms with Crippen LogP contribution >= 0.6 is 0 Å². The molecule has 0 aliphatic heterocycles. The third kappa shape index (κ3) is 3.88. The smallest absolute Gasteiger partial charge is 0.321 e. The Morgan fingerprint density at radius 1 is 1.12 bits per heavy atom. The van der Waals surface area contributed by atoms with Gasteiger partial charge in [-0.25, -0.2) is 9.78 Å². The first-order chi connectivity index (χ1) is 11.6. The van der Waals surface area contributed by atoms with Crippen LogP contribution in [0.5, 0.6) is 0 Å². The molecule has 126 valence electrons. The molecule has 6 heteroatoms. The lowest BCUT2D eigenvalue weighted by Gasteiger charge is -2.34. The number of anilines is 1. The van der Waals surface area contributed by atoms with E-state index in [-0.39, 0.29) is 18.0 Å². The molecule has 1 aliphatic carbocycles. The normalized spacial score (nSPS) is 23.5. The molecule has 1 aromatic heterocycles. The van der Waals surface area contributed by atoms with Crippen LogP contribution in [0.1, 0.15) is 33.1 Å². The predicted octanol–water partition coefficient (Wildman–Crippen LogP) is 3.48. The van der Waals surface area contributed by atoms with Gasteiger partial charge < -0.3 is 5.32 Å². The third-order valence-corrected chi connectivity index (χ3v) is 4.70. The molecular formula is C18H23N5O. The second-order valence-electron chi connectivity index (χ2n) is 6.54. The molecule has 2 N–H and O–H groups in total. The molecule has 2 aromatic rings. The molecule has 2 unspecified atom stereocenters. The van der Waals surface area contributed by atoms with Gasteiger partial charge in [0.2, 0.25) is 0 Å². The molecule has 1 heterocycles. The average molecular weight is 325 g/mol. The fourth-order valence-electron chi connectivity index (χ4n) is 3.36. The van der Waals surface area contributed by atoms with Crippen LogP contribution in [-0.2, 0) is 0 Å². The number of urea groups is 1. The number of rotatable bonds is 3. The van der Waals surface area contributed by atoms with Crippen LogP contribution in [0.25, 0.3) is 11.3 Å². The van der Waals surface area contributed by atoms with E-state index in [1.54, 1.807) is 6.20 Å². The van der Waals surface area contributed by atoms with Crippen molar-refractivity contribution in [3.8, 4) is 11.3 Å². The molecule has 1 aliphatic rings. The van der Waals surface area contributed by atoms with Crippen molar-refractivity contribution in [3.05, 3.63) is 36.5 Å². The Balaban J connectivity index is 1.66. The van der Waals surface area contributed by atoms with Gasteiger partial charge in [-0.3, -0.25) is 5.32 Å². The summed E-state index contributed by atoms with van der Waals surface area (Å²) in [5, 5.41) is 13.6. The van der Waals surface area contributed by atoms with E-state index in [0.717, 1.165) is 18.4 Å². The van der Waals surface area contributed by atoms with E-state index in [2.05, 4.69) is 39.7 Å². The summed E-state index contributed by atoms with van der Waals surface area (Å²) in [6, 6.07) is 9.61. The summed E-state index contributed by atoms with van der Waals surface area (Å²) in [5.74, 6) is 1.17. The number of nitrogens with one attached hydrogen (secondary N) is 2. The SMILES string of the molecule is CC1CCCC(C)C1NC(=O)Nc1nncc(-c2ccccc2)n1. The minimum absolute atomic E-state index is 0.184. The highest BCUT2D eigenvalue weighted by Crippen LogP contribution is 2.28. The number of benzene rings is 1. The number of carbonyl (C=O) groups is 1. The van der Waals surface area contributed by atoms with E-state index in [0.29, 0.717) is 17.5 Å². The van der Waals surface area contributed by atoms with Crippen molar-refractivity contribution < 1.29 is 4.79 Å². The van der Waals surface area contributed by atoms with E-state index in [1.807, 2.05) is 30.3 Å². The van der Waals surface area contributed by atoms with Gasteiger partial charge in [0.25, 0.3) is 5.95 Å².